The van der Waals surface area contributed by atoms with E-state index in [1.165, 1.54) is 0 Å². The van der Waals surface area contributed by atoms with E-state index in [1.54, 1.807) is 6.92 Å². The van der Waals surface area contributed by atoms with Crippen LogP contribution in [-0.2, 0) is 16.1 Å². The fourth-order valence-corrected chi connectivity index (χ4v) is 1.40. The topological polar surface area (TPSA) is 120 Å². The molecular weight excluding hydrogens is 236 g/mol. The van der Waals surface area contributed by atoms with E-state index in [1.807, 2.05) is 11.8 Å². The molecule has 0 fully saturated rings. The van der Waals surface area contributed by atoms with Gasteiger partial charge in [-0.1, -0.05) is 6.92 Å². The molecule has 0 aromatic carbocycles. The molecule has 0 atom stereocenters. The van der Waals surface area contributed by atoms with E-state index < -0.39 is 0 Å². The van der Waals surface area contributed by atoms with Crippen molar-refractivity contribution in [2.75, 3.05) is 31.2 Å². The Morgan fingerprint density at radius 1 is 1.22 bits per heavy atom. The third-order valence-corrected chi connectivity index (χ3v) is 2.19. The van der Waals surface area contributed by atoms with Crippen molar-refractivity contribution >= 4 is 17.9 Å². The van der Waals surface area contributed by atoms with Gasteiger partial charge < -0.3 is 16.2 Å². The first-order valence-electron chi connectivity index (χ1n) is 5.69. The number of anilines is 2. The summed E-state index contributed by atoms with van der Waals surface area (Å²) in [6.45, 7) is 5.25. The number of esters is 1. The van der Waals surface area contributed by atoms with E-state index in [0.29, 0.717) is 25.5 Å². The lowest BCUT2D eigenvalue weighted by Crippen LogP contribution is -2.31. The molecule has 0 aliphatic rings. The third kappa shape index (κ3) is 4.50. The lowest BCUT2D eigenvalue weighted by Gasteiger charge is -2.18. The Labute approximate surface area is 105 Å². The summed E-state index contributed by atoms with van der Waals surface area (Å²) in [5.74, 6) is 0.301. The lowest BCUT2D eigenvalue weighted by atomic mass is 10.4. The second-order valence-electron chi connectivity index (χ2n) is 3.58. The fourth-order valence-electron chi connectivity index (χ4n) is 1.40. The lowest BCUT2D eigenvalue weighted by molar-refractivity contribution is -0.144. The molecule has 0 unspecified atom stereocenters. The predicted molar refractivity (Wildman–Crippen MR) is 66.2 cm³/mol. The number of carbonyl (C=O) groups excluding carboxylic acids is 1. The van der Waals surface area contributed by atoms with Crippen LogP contribution >= 0.6 is 0 Å². The van der Waals surface area contributed by atoms with Crippen LogP contribution < -0.4 is 11.5 Å². The maximum Gasteiger partial charge on any atom is 0.320 e. The molecule has 18 heavy (non-hydrogen) atoms. The molecule has 0 saturated carbocycles. The van der Waals surface area contributed by atoms with Crippen molar-refractivity contribution in [3.8, 4) is 0 Å². The number of rotatable bonds is 6. The summed E-state index contributed by atoms with van der Waals surface area (Å²) in [4.78, 5) is 24.8. The van der Waals surface area contributed by atoms with Crippen LogP contribution in [0.4, 0.5) is 11.9 Å². The predicted octanol–water partition coefficient (Wildman–Crippen LogP) is -0.579. The number of hydrogen-bond acceptors (Lipinski definition) is 8. The van der Waals surface area contributed by atoms with Gasteiger partial charge in [0.1, 0.15) is 5.82 Å². The molecule has 0 saturated heterocycles. The highest BCUT2D eigenvalue weighted by atomic mass is 16.5. The zero-order valence-electron chi connectivity index (χ0n) is 10.6. The molecule has 8 heteroatoms. The molecule has 0 radical (unpaired) electrons. The van der Waals surface area contributed by atoms with Crippen molar-refractivity contribution in [2.45, 2.75) is 20.4 Å². The highest BCUT2D eigenvalue weighted by molar-refractivity contribution is 5.71. The van der Waals surface area contributed by atoms with E-state index in [4.69, 9.17) is 16.2 Å². The van der Waals surface area contributed by atoms with E-state index in [-0.39, 0.29) is 24.4 Å². The second-order valence-corrected chi connectivity index (χ2v) is 3.58. The zero-order chi connectivity index (χ0) is 13.5. The first kappa shape index (κ1) is 14.1. The highest BCUT2D eigenvalue weighted by Crippen LogP contribution is 2.03. The van der Waals surface area contributed by atoms with Gasteiger partial charge >= 0.3 is 5.97 Å². The number of hydrogen-bond donors (Lipinski definition) is 2. The zero-order valence-corrected chi connectivity index (χ0v) is 10.6. The van der Waals surface area contributed by atoms with Crippen LogP contribution in [0.1, 0.15) is 19.7 Å². The number of carbonyl (C=O) groups is 1. The first-order chi connectivity index (χ1) is 8.55. The highest BCUT2D eigenvalue weighted by Gasteiger charge is 2.12. The molecule has 0 aliphatic heterocycles. The van der Waals surface area contributed by atoms with Crippen molar-refractivity contribution in [1.29, 1.82) is 0 Å². The van der Waals surface area contributed by atoms with Crippen molar-refractivity contribution in [1.82, 2.24) is 19.9 Å². The van der Waals surface area contributed by atoms with Crippen LogP contribution in [0.15, 0.2) is 0 Å². The Morgan fingerprint density at radius 2 is 1.83 bits per heavy atom. The Bertz CT molecular complexity index is 391. The minimum atomic E-state index is -0.283. The molecule has 1 rings (SSSR count). The summed E-state index contributed by atoms with van der Waals surface area (Å²) in [7, 11) is 0. The molecular formula is C10H18N6O2. The SMILES string of the molecule is CCOC(=O)CN(CC)Cc1nc(N)nc(N)n1. The number of nitrogens with two attached hydrogens (primary N) is 2. The van der Waals surface area contributed by atoms with Crippen molar-refractivity contribution in [3.63, 3.8) is 0 Å². The molecule has 1 heterocycles. The summed E-state index contributed by atoms with van der Waals surface area (Å²) in [5, 5.41) is 0. The Balaban J connectivity index is 2.64. The maximum absolute atomic E-state index is 11.4. The number of ether oxygens (including phenoxy) is 1. The molecule has 100 valence electrons. The molecule has 1 aromatic rings. The average Bonchev–Trinajstić information content (AvgIpc) is 2.27. The van der Waals surface area contributed by atoms with Crippen LogP contribution in [0.5, 0.6) is 0 Å². The molecule has 0 aliphatic carbocycles. The summed E-state index contributed by atoms with van der Waals surface area (Å²) < 4.78 is 4.88. The molecule has 4 N–H and O–H groups in total. The Hall–Kier alpha value is -1.96. The molecule has 0 amide bonds. The van der Waals surface area contributed by atoms with Crippen molar-refractivity contribution in [2.24, 2.45) is 0 Å². The minimum absolute atomic E-state index is 0.0738. The van der Waals surface area contributed by atoms with Gasteiger partial charge in [-0.3, -0.25) is 9.69 Å². The van der Waals surface area contributed by atoms with Gasteiger partial charge in [0.2, 0.25) is 11.9 Å². The molecule has 0 spiro atoms. The van der Waals surface area contributed by atoms with Gasteiger partial charge in [-0.15, -0.1) is 0 Å². The van der Waals surface area contributed by atoms with Gasteiger partial charge in [0, 0.05) is 0 Å². The van der Waals surface area contributed by atoms with Gasteiger partial charge in [0.15, 0.2) is 0 Å². The summed E-state index contributed by atoms with van der Waals surface area (Å²) in [5.41, 5.74) is 10.9. The van der Waals surface area contributed by atoms with Crippen LogP contribution in [0.25, 0.3) is 0 Å². The molecule has 1 aromatic heterocycles. The quantitative estimate of drug-likeness (QED) is 0.647. The normalized spacial score (nSPS) is 10.6. The summed E-state index contributed by atoms with van der Waals surface area (Å²) in [6.07, 6.45) is 0. The van der Waals surface area contributed by atoms with Crippen molar-refractivity contribution in [3.05, 3.63) is 5.82 Å². The van der Waals surface area contributed by atoms with Gasteiger partial charge in [-0.05, 0) is 13.5 Å². The van der Waals surface area contributed by atoms with Crippen molar-refractivity contribution < 1.29 is 9.53 Å². The third-order valence-electron chi connectivity index (χ3n) is 2.19. The standard InChI is InChI=1S/C10H18N6O2/c1-3-16(6-8(17)18-4-2)5-7-13-9(11)15-10(12)14-7/h3-6H2,1-2H3,(H4,11,12,13,14,15). The van der Waals surface area contributed by atoms with Gasteiger partial charge in [0.25, 0.3) is 0 Å². The monoisotopic (exact) mass is 254 g/mol. The Morgan fingerprint density at radius 3 is 2.33 bits per heavy atom. The van der Waals surface area contributed by atoms with Crippen LogP contribution in [0, 0.1) is 0 Å². The minimum Gasteiger partial charge on any atom is -0.465 e. The second kappa shape index (κ2) is 6.70. The maximum atomic E-state index is 11.4. The van der Waals surface area contributed by atoms with Crippen LogP contribution in [0.2, 0.25) is 0 Å². The average molecular weight is 254 g/mol. The van der Waals surface area contributed by atoms with E-state index in [2.05, 4.69) is 15.0 Å². The number of likely N-dealkylation sites (N-methyl/N-ethyl adjacent to an activating group) is 1. The number of nitrogen functional groups attached to an aromatic ring is 2. The van der Waals surface area contributed by atoms with E-state index in [0.717, 1.165) is 0 Å². The summed E-state index contributed by atoms with van der Waals surface area (Å²) >= 11 is 0. The number of aromatic nitrogens is 3. The van der Waals surface area contributed by atoms with Crippen LogP contribution in [-0.4, -0.2) is 45.5 Å². The Kier molecular flexibility index (Phi) is 5.25. The largest absolute Gasteiger partial charge is 0.465 e. The molecule has 0 bridgehead atoms. The van der Waals surface area contributed by atoms with Gasteiger partial charge in [-0.25, -0.2) is 0 Å². The summed E-state index contributed by atoms with van der Waals surface area (Å²) in [6, 6.07) is 0. The van der Waals surface area contributed by atoms with Crippen LogP contribution in [0.3, 0.4) is 0 Å². The van der Waals surface area contributed by atoms with Gasteiger partial charge in [-0.2, -0.15) is 15.0 Å². The molecule has 8 nitrogen and oxygen atoms in total. The fraction of sp³-hybridized carbons (Fsp3) is 0.600. The van der Waals surface area contributed by atoms with E-state index >= 15 is 0 Å². The first-order valence-corrected chi connectivity index (χ1v) is 5.69. The van der Waals surface area contributed by atoms with Gasteiger partial charge in [0.05, 0.1) is 19.7 Å². The van der Waals surface area contributed by atoms with E-state index in [9.17, 15) is 4.79 Å². The smallest absolute Gasteiger partial charge is 0.320 e. The number of nitrogens with zero attached hydrogens (tertiary/aromatic N) is 4.